The molecule has 0 saturated heterocycles. The van der Waals surface area contributed by atoms with Gasteiger partial charge < -0.3 is 6.15 Å². The average molecular weight is 237 g/mol. The van der Waals surface area contributed by atoms with Gasteiger partial charge in [-0.3, -0.25) is 0 Å². The lowest BCUT2D eigenvalue weighted by atomic mass is 10.6. The number of benzene rings is 1. The van der Waals surface area contributed by atoms with Crippen LogP contribution in [-0.2, 0) is 0 Å². The van der Waals surface area contributed by atoms with Crippen molar-refractivity contribution in [2.45, 2.75) is 0 Å². The zero-order valence-electron chi connectivity index (χ0n) is 4.62. The molecule has 0 fully saturated rings. The van der Waals surface area contributed by atoms with Crippen LogP contribution in [0, 0.1) is 9.39 Å². The summed E-state index contributed by atoms with van der Waals surface area (Å²) in [4.78, 5) is 0. The molecule has 0 unspecified atom stereocenters. The minimum atomic E-state index is -0.00287. The molecule has 1 nitrogen and oxygen atoms in total. The monoisotopic (exact) mass is 237 g/mol. The fourth-order valence-electron chi connectivity index (χ4n) is 0.808. The Morgan fingerprint density at radius 1 is 1.33 bits per heavy atom. The summed E-state index contributed by atoms with van der Waals surface area (Å²) in [5, 5.41) is 0. The molecule has 0 radical (unpaired) electrons. The fourth-order valence-corrected chi connectivity index (χ4v) is 1.51. The molecule has 3 heteroatoms. The van der Waals surface area contributed by atoms with Crippen molar-refractivity contribution < 1.29 is 4.39 Å². The summed E-state index contributed by atoms with van der Waals surface area (Å²) < 4.78 is 13.3. The van der Waals surface area contributed by atoms with E-state index in [1.54, 1.807) is 0 Å². The van der Waals surface area contributed by atoms with Crippen molar-refractivity contribution in [3.05, 3.63) is 21.5 Å². The normalized spacial score (nSPS) is 10.4. The number of halogens is 2. The molecule has 0 atom stereocenters. The Morgan fingerprint density at radius 2 is 2.00 bits per heavy atom. The Bertz CT molecular complexity index is 259. The third-order valence-electron chi connectivity index (χ3n) is 1.30. The van der Waals surface area contributed by atoms with Gasteiger partial charge in [-0.2, -0.15) is 0 Å². The van der Waals surface area contributed by atoms with Gasteiger partial charge in [0.05, 0.1) is 0 Å². The van der Waals surface area contributed by atoms with E-state index in [-0.39, 0.29) is 12.0 Å². The highest BCUT2D eigenvalue weighted by atomic mass is 127. The molecule has 0 aliphatic heterocycles. The second kappa shape index (κ2) is 1.91. The smallest absolute Gasteiger partial charge is 0.140 e. The van der Waals surface area contributed by atoms with E-state index in [9.17, 15) is 4.39 Å². The highest BCUT2D eigenvalue weighted by Gasteiger charge is 2.27. The second-order valence-electron chi connectivity index (χ2n) is 1.78. The molecule has 9 heavy (non-hydrogen) atoms. The summed E-state index contributed by atoms with van der Waals surface area (Å²) in [5.41, 5.74) is 1.65. The number of hydrogen-bond donors (Lipinski definition) is 1. The van der Waals surface area contributed by atoms with E-state index in [2.05, 4.69) is 22.6 Å². The van der Waals surface area contributed by atoms with Crippen LogP contribution in [0.2, 0.25) is 0 Å². The quantitative estimate of drug-likeness (QED) is 0.702. The molecule has 0 aromatic carbocycles. The molecule has 2 aliphatic rings. The van der Waals surface area contributed by atoms with Crippen LogP contribution in [0.15, 0.2) is 12.1 Å². The van der Waals surface area contributed by atoms with E-state index >= 15 is 0 Å². The van der Waals surface area contributed by atoms with Gasteiger partial charge >= 0.3 is 0 Å². The lowest BCUT2D eigenvalue weighted by Gasteiger charge is -1.69. The molecule has 0 aromatic heterocycles. The molecule has 48 valence electrons. The van der Waals surface area contributed by atoms with Gasteiger partial charge in [-0.05, 0) is 28.7 Å². The molecule has 0 heterocycles. The first-order valence-corrected chi connectivity index (χ1v) is 3.37. The third kappa shape index (κ3) is 0.753. The van der Waals surface area contributed by atoms with E-state index in [0.717, 1.165) is 14.7 Å². The fraction of sp³-hybridized carbons (Fsp3) is 0. The van der Waals surface area contributed by atoms with Crippen LogP contribution < -0.4 is 6.15 Å². The molecule has 2 aliphatic carbocycles. The number of hydrogen-bond acceptors (Lipinski definition) is 1. The largest absolute Gasteiger partial charge is 0.344 e. The van der Waals surface area contributed by atoms with E-state index in [1.807, 2.05) is 12.1 Å². The molecule has 0 spiro atoms. The summed E-state index contributed by atoms with van der Waals surface area (Å²) in [6.45, 7) is 0. The molecular weight excluding hydrogens is 232 g/mol. The lowest BCUT2D eigenvalue weighted by molar-refractivity contribution is 0.664. The molecule has 0 saturated carbocycles. The van der Waals surface area contributed by atoms with Gasteiger partial charge in [0.1, 0.15) is 5.82 Å². The summed E-state index contributed by atoms with van der Waals surface area (Å²) >= 11 is 2.13. The number of fused-ring (bicyclic) bond motifs is 1. The van der Waals surface area contributed by atoms with E-state index in [4.69, 9.17) is 0 Å². The van der Waals surface area contributed by atoms with E-state index in [1.165, 1.54) is 0 Å². The molecule has 0 amide bonds. The Kier molecular flexibility index (Phi) is 1.48. The lowest BCUT2D eigenvalue weighted by Crippen LogP contribution is -1.52. The highest BCUT2D eigenvalue weighted by molar-refractivity contribution is 14.1. The maximum Gasteiger partial charge on any atom is 0.140 e. The van der Waals surface area contributed by atoms with Crippen LogP contribution in [0.3, 0.4) is 0 Å². The average Bonchev–Trinajstić information content (AvgIpc) is 2.13. The van der Waals surface area contributed by atoms with Crippen molar-refractivity contribution in [2.24, 2.45) is 0 Å². The zero-order valence-corrected chi connectivity index (χ0v) is 6.78. The van der Waals surface area contributed by atoms with Crippen molar-refractivity contribution in [3.63, 3.8) is 0 Å². The third-order valence-corrected chi connectivity index (χ3v) is 2.20. The summed E-state index contributed by atoms with van der Waals surface area (Å²) in [7, 11) is 0. The van der Waals surface area contributed by atoms with Gasteiger partial charge in [-0.1, -0.05) is 6.07 Å². The predicted molar refractivity (Wildman–Crippen MR) is 43.1 cm³/mol. The maximum atomic E-state index is 12.2. The summed E-state index contributed by atoms with van der Waals surface area (Å²) in [5.74, 6) is -0.00287. The van der Waals surface area contributed by atoms with Crippen molar-refractivity contribution in [2.75, 3.05) is 0 Å². The van der Waals surface area contributed by atoms with Gasteiger partial charge in [-0.15, -0.1) is 0 Å². The Morgan fingerprint density at radius 3 is 2.22 bits per heavy atom. The van der Waals surface area contributed by atoms with Gasteiger partial charge in [0.25, 0.3) is 0 Å². The standard InChI is InChI=1S/C6H2FI.H3N/c7-6-3-1-2-4(8)5(3)6;/h1-2H;1H3. The topological polar surface area (TPSA) is 35.0 Å². The highest BCUT2D eigenvalue weighted by Crippen LogP contribution is 2.44. The summed E-state index contributed by atoms with van der Waals surface area (Å²) in [6, 6.07) is 3.74. The van der Waals surface area contributed by atoms with Crippen molar-refractivity contribution >= 4 is 22.6 Å². The maximum absolute atomic E-state index is 12.2. The van der Waals surface area contributed by atoms with Crippen LogP contribution in [0.4, 0.5) is 4.39 Å². The molecular formula is C6H5FIN. The zero-order chi connectivity index (χ0) is 5.72. The van der Waals surface area contributed by atoms with Gasteiger partial charge in [0.15, 0.2) is 0 Å². The Hall–Kier alpha value is -0.160. The first kappa shape index (κ1) is 6.95. The summed E-state index contributed by atoms with van der Waals surface area (Å²) in [6.07, 6.45) is 0. The van der Waals surface area contributed by atoms with Crippen molar-refractivity contribution in [3.8, 4) is 11.1 Å². The Labute approximate surface area is 66.0 Å². The molecule has 0 aromatic rings. The van der Waals surface area contributed by atoms with Crippen LogP contribution in [-0.4, -0.2) is 0 Å². The van der Waals surface area contributed by atoms with Gasteiger partial charge in [0.2, 0.25) is 0 Å². The van der Waals surface area contributed by atoms with Gasteiger partial charge in [-0.25, -0.2) is 4.39 Å². The van der Waals surface area contributed by atoms with Crippen molar-refractivity contribution in [1.29, 1.82) is 0 Å². The SMILES string of the molecule is Fc1c2ccc(I)c1-2.N. The Balaban J connectivity index is 0.000000405. The van der Waals surface area contributed by atoms with E-state index in [0.29, 0.717) is 0 Å². The molecule has 2 rings (SSSR count). The molecule has 0 bridgehead atoms. The molecule has 3 N–H and O–H groups in total. The first-order valence-electron chi connectivity index (χ1n) is 2.29. The van der Waals surface area contributed by atoms with Gasteiger partial charge in [0, 0.05) is 14.7 Å². The number of rotatable bonds is 0. The van der Waals surface area contributed by atoms with Crippen LogP contribution in [0.25, 0.3) is 11.1 Å². The first-order chi connectivity index (χ1) is 3.80. The van der Waals surface area contributed by atoms with Crippen LogP contribution >= 0.6 is 22.6 Å². The van der Waals surface area contributed by atoms with Crippen molar-refractivity contribution in [1.82, 2.24) is 6.15 Å². The predicted octanol–water partition coefficient (Wildman–Crippen LogP) is 2.57. The minimum absolute atomic E-state index is 0. The van der Waals surface area contributed by atoms with Crippen LogP contribution in [0.1, 0.15) is 0 Å². The van der Waals surface area contributed by atoms with E-state index < -0.39 is 0 Å². The van der Waals surface area contributed by atoms with Crippen LogP contribution in [0.5, 0.6) is 0 Å². The second-order valence-corrected chi connectivity index (χ2v) is 2.95. The minimum Gasteiger partial charge on any atom is -0.344 e.